The molecule has 0 atom stereocenters. The van der Waals surface area contributed by atoms with Crippen LogP contribution in [0, 0.1) is 0 Å². The van der Waals surface area contributed by atoms with E-state index in [4.69, 9.17) is 0 Å². The number of amides is 1. The van der Waals surface area contributed by atoms with Gasteiger partial charge in [-0.25, -0.2) is 9.97 Å². The van der Waals surface area contributed by atoms with Crippen molar-refractivity contribution < 1.29 is 4.79 Å². The summed E-state index contributed by atoms with van der Waals surface area (Å²) >= 11 is 0. The zero-order chi connectivity index (χ0) is 20.1. The van der Waals surface area contributed by atoms with E-state index in [-0.39, 0.29) is 5.91 Å². The van der Waals surface area contributed by atoms with Crippen molar-refractivity contribution in [3.63, 3.8) is 0 Å². The Morgan fingerprint density at radius 3 is 1.86 bits per heavy atom. The highest BCUT2D eigenvalue weighted by Crippen LogP contribution is 2.26. The first-order valence-corrected chi connectivity index (χ1v) is 9.54. The van der Waals surface area contributed by atoms with Crippen LogP contribution < -0.4 is 10.6 Å². The molecular weight excluding hydrogens is 348 g/mol. The van der Waals surface area contributed by atoms with Crippen molar-refractivity contribution in [2.75, 3.05) is 10.6 Å². The topological polar surface area (TPSA) is 66.9 Å². The molecule has 1 aromatic heterocycles. The van der Waals surface area contributed by atoms with Crippen LogP contribution in [0.2, 0.25) is 0 Å². The van der Waals surface area contributed by atoms with Crippen molar-refractivity contribution in [2.24, 2.45) is 0 Å². The van der Waals surface area contributed by atoms with Crippen molar-refractivity contribution in [1.82, 2.24) is 9.97 Å². The zero-order valence-corrected chi connectivity index (χ0v) is 16.7. The molecule has 28 heavy (non-hydrogen) atoms. The molecule has 0 aliphatic rings. The van der Waals surface area contributed by atoms with Gasteiger partial charge in [-0.2, -0.15) is 0 Å². The lowest BCUT2D eigenvalue weighted by Crippen LogP contribution is -2.14. The highest BCUT2D eigenvalue weighted by Gasteiger charge is 2.12. The molecule has 1 amide bonds. The molecule has 2 aromatic carbocycles. The number of hydrogen-bond acceptors (Lipinski definition) is 4. The molecular formula is C23H26N4O. The van der Waals surface area contributed by atoms with E-state index >= 15 is 0 Å². The van der Waals surface area contributed by atoms with Crippen LogP contribution in [0.25, 0.3) is 0 Å². The highest BCUT2D eigenvalue weighted by molar-refractivity contribution is 6.04. The lowest BCUT2D eigenvalue weighted by atomic mass is 10.0. The molecule has 0 bridgehead atoms. The van der Waals surface area contributed by atoms with Gasteiger partial charge in [0.2, 0.25) is 5.95 Å². The van der Waals surface area contributed by atoms with E-state index < -0.39 is 0 Å². The standard InChI is InChI=1S/C23H26N4O/c1-15(2)18-9-5-7-11-20(18)26-22(28)17-13-24-23(25-14-17)27-21-12-8-6-10-19(21)16(3)4/h5-16H,1-4H3,(H,26,28)(H,24,25,27). The second-order valence-electron chi connectivity index (χ2n) is 7.36. The molecule has 0 spiro atoms. The molecule has 0 aliphatic heterocycles. The number of carbonyl (C=O) groups is 1. The Morgan fingerprint density at radius 1 is 0.786 bits per heavy atom. The Bertz CT molecular complexity index is 949. The molecule has 3 rings (SSSR count). The average molecular weight is 374 g/mol. The molecule has 2 N–H and O–H groups in total. The van der Waals surface area contributed by atoms with Crippen molar-refractivity contribution in [3.8, 4) is 0 Å². The Balaban J connectivity index is 1.74. The summed E-state index contributed by atoms with van der Waals surface area (Å²) < 4.78 is 0. The van der Waals surface area contributed by atoms with Crippen molar-refractivity contribution in [2.45, 2.75) is 39.5 Å². The smallest absolute Gasteiger partial charge is 0.258 e. The maximum absolute atomic E-state index is 12.6. The fourth-order valence-corrected chi connectivity index (χ4v) is 3.05. The Morgan fingerprint density at radius 2 is 1.29 bits per heavy atom. The van der Waals surface area contributed by atoms with E-state index in [2.05, 4.69) is 54.4 Å². The molecule has 0 radical (unpaired) electrons. The molecule has 5 heteroatoms. The van der Waals surface area contributed by atoms with E-state index in [9.17, 15) is 4.79 Å². The Hall–Kier alpha value is -3.21. The van der Waals surface area contributed by atoms with Gasteiger partial charge in [-0.05, 0) is 35.1 Å². The monoisotopic (exact) mass is 374 g/mol. The van der Waals surface area contributed by atoms with Crippen LogP contribution in [0.5, 0.6) is 0 Å². The van der Waals surface area contributed by atoms with Crippen molar-refractivity contribution >= 4 is 23.2 Å². The zero-order valence-electron chi connectivity index (χ0n) is 16.7. The van der Waals surface area contributed by atoms with Crippen LogP contribution in [0.1, 0.15) is 61.0 Å². The molecule has 0 aliphatic carbocycles. The van der Waals surface area contributed by atoms with Gasteiger partial charge in [-0.3, -0.25) is 4.79 Å². The van der Waals surface area contributed by atoms with E-state index in [0.29, 0.717) is 23.3 Å². The highest BCUT2D eigenvalue weighted by atomic mass is 16.1. The molecule has 0 fully saturated rings. The molecule has 0 unspecified atom stereocenters. The Labute approximate surface area is 166 Å². The third-order valence-corrected chi connectivity index (χ3v) is 4.57. The minimum absolute atomic E-state index is 0.220. The lowest BCUT2D eigenvalue weighted by Gasteiger charge is -2.14. The second kappa shape index (κ2) is 8.65. The number of benzene rings is 2. The van der Waals surface area contributed by atoms with Crippen LogP contribution in [-0.2, 0) is 0 Å². The number of rotatable bonds is 6. The normalized spacial score (nSPS) is 10.9. The van der Waals surface area contributed by atoms with Gasteiger partial charge < -0.3 is 10.6 Å². The summed E-state index contributed by atoms with van der Waals surface area (Å²) in [5, 5.41) is 6.20. The predicted molar refractivity (Wildman–Crippen MR) is 114 cm³/mol. The number of nitrogens with zero attached hydrogens (tertiary/aromatic N) is 2. The molecule has 5 nitrogen and oxygen atoms in total. The van der Waals surface area contributed by atoms with Crippen LogP contribution >= 0.6 is 0 Å². The maximum atomic E-state index is 12.6. The van der Waals surface area contributed by atoms with Gasteiger partial charge in [-0.1, -0.05) is 64.1 Å². The quantitative estimate of drug-likeness (QED) is 0.579. The van der Waals surface area contributed by atoms with Gasteiger partial charge in [0.05, 0.1) is 5.56 Å². The van der Waals surface area contributed by atoms with Gasteiger partial charge in [-0.15, -0.1) is 0 Å². The summed E-state index contributed by atoms with van der Waals surface area (Å²) in [5.74, 6) is 0.949. The number of aromatic nitrogens is 2. The molecule has 144 valence electrons. The van der Waals surface area contributed by atoms with Crippen molar-refractivity contribution in [1.29, 1.82) is 0 Å². The largest absolute Gasteiger partial charge is 0.324 e. The number of para-hydroxylation sites is 2. The van der Waals surface area contributed by atoms with E-state index in [1.165, 1.54) is 5.56 Å². The number of carbonyl (C=O) groups excluding carboxylic acids is 1. The fraction of sp³-hybridized carbons (Fsp3) is 0.261. The van der Waals surface area contributed by atoms with Crippen LogP contribution in [0.15, 0.2) is 60.9 Å². The summed E-state index contributed by atoms with van der Waals surface area (Å²) in [6.07, 6.45) is 3.08. The Kier molecular flexibility index (Phi) is 6.04. The summed E-state index contributed by atoms with van der Waals surface area (Å²) in [4.78, 5) is 21.2. The predicted octanol–water partition coefficient (Wildman–Crippen LogP) is 5.72. The van der Waals surface area contributed by atoms with Crippen LogP contribution in [-0.4, -0.2) is 15.9 Å². The van der Waals surface area contributed by atoms with E-state index in [0.717, 1.165) is 16.9 Å². The first-order chi connectivity index (χ1) is 13.5. The van der Waals surface area contributed by atoms with E-state index in [1.807, 2.05) is 42.5 Å². The van der Waals surface area contributed by atoms with Crippen LogP contribution in [0.3, 0.4) is 0 Å². The summed E-state index contributed by atoms with van der Waals surface area (Å²) in [6, 6.07) is 15.9. The average Bonchev–Trinajstić information content (AvgIpc) is 2.69. The summed E-state index contributed by atoms with van der Waals surface area (Å²) in [5.41, 5.74) is 4.50. The molecule has 0 saturated carbocycles. The summed E-state index contributed by atoms with van der Waals surface area (Å²) in [7, 11) is 0. The number of nitrogens with one attached hydrogen (secondary N) is 2. The van der Waals surface area contributed by atoms with Gasteiger partial charge in [0, 0.05) is 23.8 Å². The third kappa shape index (κ3) is 4.55. The van der Waals surface area contributed by atoms with Gasteiger partial charge in [0.15, 0.2) is 0 Å². The first-order valence-electron chi connectivity index (χ1n) is 9.54. The maximum Gasteiger partial charge on any atom is 0.258 e. The van der Waals surface area contributed by atoms with E-state index in [1.54, 1.807) is 12.4 Å². The molecule has 3 aromatic rings. The number of anilines is 3. The lowest BCUT2D eigenvalue weighted by molar-refractivity contribution is 0.102. The number of hydrogen-bond donors (Lipinski definition) is 2. The van der Waals surface area contributed by atoms with Gasteiger partial charge in [0.25, 0.3) is 5.91 Å². The second-order valence-corrected chi connectivity index (χ2v) is 7.36. The first kappa shape index (κ1) is 19.5. The minimum atomic E-state index is -0.220. The summed E-state index contributed by atoms with van der Waals surface area (Å²) in [6.45, 7) is 8.49. The molecule has 0 saturated heterocycles. The van der Waals surface area contributed by atoms with Crippen molar-refractivity contribution in [3.05, 3.63) is 77.6 Å². The third-order valence-electron chi connectivity index (χ3n) is 4.57. The fourth-order valence-electron chi connectivity index (χ4n) is 3.05. The van der Waals surface area contributed by atoms with Gasteiger partial charge in [0.1, 0.15) is 0 Å². The van der Waals surface area contributed by atoms with Crippen LogP contribution in [0.4, 0.5) is 17.3 Å². The SMILES string of the molecule is CC(C)c1ccccc1NC(=O)c1cnc(Nc2ccccc2C(C)C)nc1. The minimum Gasteiger partial charge on any atom is -0.324 e. The van der Waals surface area contributed by atoms with Gasteiger partial charge >= 0.3 is 0 Å². The molecule has 1 heterocycles.